The van der Waals surface area contributed by atoms with E-state index in [1.807, 2.05) is 6.92 Å². The fourth-order valence-corrected chi connectivity index (χ4v) is 3.49. The highest BCUT2D eigenvalue weighted by atomic mass is 16.1. The summed E-state index contributed by atoms with van der Waals surface area (Å²) in [6.45, 7) is 3.39. The second-order valence-electron chi connectivity index (χ2n) is 6.06. The molecule has 0 spiro atoms. The number of fused-ring (bicyclic) bond motifs is 2. The maximum absolute atomic E-state index is 12.0. The van der Waals surface area contributed by atoms with Crippen molar-refractivity contribution in [1.82, 2.24) is 19.9 Å². The van der Waals surface area contributed by atoms with E-state index >= 15 is 0 Å². The summed E-state index contributed by atoms with van der Waals surface area (Å²) in [4.78, 5) is 30.5. The van der Waals surface area contributed by atoms with E-state index in [0.29, 0.717) is 6.54 Å². The third kappa shape index (κ3) is 2.19. The Hall–Kier alpha value is -2.24. The van der Waals surface area contributed by atoms with Crippen LogP contribution in [-0.4, -0.2) is 26.5 Å². The Balaban J connectivity index is 1.76. The number of H-pyrrole nitrogens is 1. The van der Waals surface area contributed by atoms with E-state index in [1.165, 1.54) is 30.4 Å². The van der Waals surface area contributed by atoms with Crippen LogP contribution in [0.1, 0.15) is 41.2 Å². The Morgan fingerprint density at radius 3 is 2.86 bits per heavy atom. The van der Waals surface area contributed by atoms with Crippen LogP contribution >= 0.6 is 0 Å². The summed E-state index contributed by atoms with van der Waals surface area (Å²) in [5, 5.41) is 0. The summed E-state index contributed by atoms with van der Waals surface area (Å²) in [5.74, 6) is 1.85. The maximum atomic E-state index is 12.0. The lowest BCUT2D eigenvalue weighted by molar-refractivity contribution is 0.635. The predicted molar refractivity (Wildman–Crippen MR) is 83.0 cm³/mol. The Morgan fingerprint density at radius 1 is 1.09 bits per heavy atom. The first-order valence-corrected chi connectivity index (χ1v) is 7.89. The molecule has 0 fully saturated rings. The molecule has 4 rings (SSSR count). The van der Waals surface area contributed by atoms with Crippen molar-refractivity contribution in [3.8, 4) is 0 Å². The van der Waals surface area contributed by atoms with Crippen molar-refractivity contribution >= 4 is 5.82 Å². The maximum Gasteiger partial charge on any atom is 0.255 e. The monoisotopic (exact) mass is 297 g/mol. The average Bonchev–Trinajstić information content (AvgIpc) is 2.54. The van der Waals surface area contributed by atoms with Crippen LogP contribution in [0.15, 0.2) is 11.1 Å². The highest BCUT2D eigenvalue weighted by molar-refractivity contribution is 5.52. The molecular formula is C16H19N5O. The summed E-state index contributed by atoms with van der Waals surface area (Å²) in [6, 6.07) is 0. The van der Waals surface area contributed by atoms with Crippen LogP contribution in [0.25, 0.3) is 0 Å². The molecule has 0 unspecified atom stereocenters. The third-order valence-corrected chi connectivity index (χ3v) is 4.58. The van der Waals surface area contributed by atoms with E-state index in [9.17, 15) is 4.79 Å². The van der Waals surface area contributed by atoms with Crippen molar-refractivity contribution in [3.05, 3.63) is 45.0 Å². The molecule has 6 heteroatoms. The van der Waals surface area contributed by atoms with Crippen molar-refractivity contribution < 1.29 is 0 Å². The van der Waals surface area contributed by atoms with Gasteiger partial charge in [0.15, 0.2) is 0 Å². The number of nitrogens with one attached hydrogen (secondary N) is 1. The number of aromatic amines is 1. The first-order valence-electron chi connectivity index (χ1n) is 7.89. The van der Waals surface area contributed by atoms with E-state index in [0.717, 1.165) is 48.7 Å². The molecule has 2 aromatic heterocycles. The van der Waals surface area contributed by atoms with E-state index in [1.54, 1.807) is 0 Å². The number of rotatable bonds is 1. The van der Waals surface area contributed by atoms with Crippen LogP contribution in [0.4, 0.5) is 5.82 Å². The van der Waals surface area contributed by atoms with Crippen molar-refractivity contribution in [2.75, 3.05) is 11.4 Å². The molecule has 114 valence electrons. The zero-order chi connectivity index (χ0) is 15.1. The SMILES string of the molecule is Cc1nc2c(c(N3CCc4nc[nH]c(=O)c4C3)n1)CCCC2. The van der Waals surface area contributed by atoms with Crippen molar-refractivity contribution in [1.29, 1.82) is 0 Å². The van der Waals surface area contributed by atoms with E-state index in [4.69, 9.17) is 4.98 Å². The van der Waals surface area contributed by atoms with Gasteiger partial charge in [-0.25, -0.2) is 15.0 Å². The van der Waals surface area contributed by atoms with Crippen LogP contribution in [0.5, 0.6) is 0 Å². The summed E-state index contributed by atoms with van der Waals surface area (Å²) in [6.07, 6.45) is 6.76. The van der Waals surface area contributed by atoms with Gasteiger partial charge in [0.2, 0.25) is 0 Å². The molecular weight excluding hydrogens is 278 g/mol. The standard InChI is InChI=1S/C16H19N5O/c1-10-19-14-5-3-2-4-11(14)15(20-10)21-7-6-13-12(8-21)16(22)18-9-17-13/h9H,2-8H2,1H3,(H,17,18,22). The zero-order valence-electron chi connectivity index (χ0n) is 12.7. The van der Waals surface area contributed by atoms with Gasteiger partial charge in [0.1, 0.15) is 11.6 Å². The van der Waals surface area contributed by atoms with Crippen molar-refractivity contribution in [2.24, 2.45) is 0 Å². The van der Waals surface area contributed by atoms with E-state index in [2.05, 4.69) is 19.9 Å². The lowest BCUT2D eigenvalue weighted by atomic mass is 9.95. The molecule has 6 nitrogen and oxygen atoms in total. The highest BCUT2D eigenvalue weighted by Crippen LogP contribution is 2.30. The first kappa shape index (κ1) is 13.4. The van der Waals surface area contributed by atoms with Gasteiger partial charge in [-0.15, -0.1) is 0 Å². The zero-order valence-corrected chi connectivity index (χ0v) is 12.7. The molecule has 2 aliphatic rings. The van der Waals surface area contributed by atoms with Gasteiger partial charge in [0.05, 0.1) is 24.1 Å². The number of aromatic nitrogens is 4. The third-order valence-electron chi connectivity index (χ3n) is 4.58. The smallest absolute Gasteiger partial charge is 0.255 e. The minimum Gasteiger partial charge on any atom is -0.351 e. The van der Waals surface area contributed by atoms with Crippen molar-refractivity contribution in [3.63, 3.8) is 0 Å². The predicted octanol–water partition coefficient (Wildman–Crippen LogP) is 1.31. The van der Waals surface area contributed by atoms with Gasteiger partial charge in [-0.1, -0.05) is 0 Å². The Morgan fingerprint density at radius 2 is 1.95 bits per heavy atom. The van der Waals surface area contributed by atoms with Crippen LogP contribution in [0, 0.1) is 6.92 Å². The largest absolute Gasteiger partial charge is 0.351 e. The minimum absolute atomic E-state index is 0.0330. The number of hydrogen-bond acceptors (Lipinski definition) is 5. The molecule has 0 aromatic carbocycles. The van der Waals surface area contributed by atoms with Gasteiger partial charge in [0.25, 0.3) is 5.56 Å². The molecule has 0 atom stereocenters. The lowest BCUT2D eigenvalue weighted by Crippen LogP contribution is -2.37. The van der Waals surface area contributed by atoms with Gasteiger partial charge < -0.3 is 9.88 Å². The molecule has 2 aromatic rings. The minimum atomic E-state index is -0.0330. The summed E-state index contributed by atoms with van der Waals surface area (Å²) in [5.41, 5.74) is 4.13. The van der Waals surface area contributed by atoms with E-state index < -0.39 is 0 Å². The van der Waals surface area contributed by atoms with Gasteiger partial charge >= 0.3 is 0 Å². The molecule has 0 saturated carbocycles. The summed E-state index contributed by atoms with van der Waals surface area (Å²) < 4.78 is 0. The molecule has 0 radical (unpaired) electrons. The topological polar surface area (TPSA) is 74.8 Å². The van der Waals surface area contributed by atoms with Gasteiger partial charge in [0, 0.05) is 24.2 Å². The van der Waals surface area contributed by atoms with Gasteiger partial charge in [-0.05, 0) is 32.6 Å². The molecule has 0 amide bonds. The quantitative estimate of drug-likeness (QED) is 0.859. The summed E-state index contributed by atoms with van der Waals surface area (Å²) >= 11 is 0. The fraction of sp³-hybridized carbons (Fsp3) is 0.500. The van der Waals surface area contributed by atoms with Gasteiger partial charge in [-0.2, -0.15) is 0 Å². The van der Waals surface area contributed by atoms with Crippen LogP contribution < -0.4 is 10.5 Å². The average molecular weight is 297 g/mol. The Kier molecular flexibility index (Phi) is 3.17. The van der Waals surface area contributed by atoms with Gasteiger partial charge in [-0.3, -0.25) is 4.79 Å². The molecule has 1 aliphatic heterocycles. The van der Waals surface area contributed by atoms with Crippen LogP contribution in [-0.2, 0) is 25.8 Å². The van der Waals surface area contributed by atoms with E-state index in [-0.39, 0.29) is 5.56 Å². The van der Waals surface area contributed by atoms with Crippen molar-refractivity contribution in [2.45, 2.75) is 45.6 Å². The Labute approximate surface area is 128 Å². The molecule has 22 heavy (non-hydrogen) atoms. The highest BCUT2D eigenvalue weighted by Gasteiger charge is 2.25. The number of anilines is 1. The molecule has 1 N–H and O–H groups in total. The second kappa shape index (κ2) is 5.19. The number of aryl methyl sites for hydroxylation is 2. The summed E-state index contributed by atoms with van der Waals surface area (Å²) in [7, 11) is 0. The van der Waals surface area contributed by atoms with Crippen LogP contribution in [0.3, 0.4) is 0 Å². The normalized spacial score (nSPS) is 17.0. The molecule has 0 saturated heterocycles. The Bertz CT molecular complexity index is 783. The molecule has 0 bridgehead atoms. The number of nitrogens with zero attached hydrogens (tertiary/aromatic N) is 4. The first-order chi connectivity index (χ1) is 10.7. The molecule has 3 heterocycles. The second-order valence-corrected chi connectivity index (χ2v) is 6.06. The fourth-order valence-electron chi connectivity index (χ4n) is 3.49. The lowest BCUT2D eigenvalue weighted by Gasteiger charge is -2.31. The van der Waals surface area contributed by atoms with Crippen LogP contribution in [0.2, 0.25) is 0 Å². The molecule has 1 aliphatic carbocycles. The number of hydrogen-bond donors (Lipinski definition) is 1.